The van der Waals surface area contributed by atoms with Crippen molar-refractivity contribution in [3.05, 3.63) is 37.5 Å². The third-order valence-corrected chi connectivity index (χ3v) is 8.90. The fourth-order valence-electron chi connectivity index (χ4n) is 5.40. The molecule has 0 saturated carbocycles. The Morgan fingerprint density at radius 2 is 1.29 bits per heavy atom. The summed E-state index contributed by atoms with van der Waals surface area (Å²) in [7, 11) is -4.98. The van der Waals surface area contributed by atoms with Gasteiger partial charge in [-0.2, -0.15) is 4.52 Å². The number of ether oxygens (including phenoxy) is 2. The summed E-state index contributed by atoms with van der Waals surface area (Å²) >= 11 is 8.21. The fourth-order valence-corrected chi connectivity index (χ4v) is 6.93. The van der Waals surface area contributed by atoms with Gasteiger partial charge in [-0.3, -0.25) is 9.13 Å². The number of aliphatic hydroxyl groups is 2. The summed E-state index contributed by atoms with van der Waals surface area (Å²) < 4.78 is 77.2. The van der Waals surface area contributed by atoms with Gasteiger partial charge in [0.15, 0.2) is 71.0 Å². The van der Waals surface area contributed by atoms with Gasteiger partial charge in [-0.25, -0.2) is 38.7 Å². The Labute approximate surface area is 281 Å². The second-order valence-electron chi connectivity index (χ2n) is 10.3. The summed E-state index contributed by atoms with van der Waals surface area (Å²) in [6.07, 6.45) is -2.06. The lowest BCUT2D eigenvalue weighted by Crippen LogP contribution is -2.32. The molecule has 10 atom stereocenters. The minimum absolute atomic E-state index is 0.257. The van der Waals surface area contributed by atoms with Crippen molar-refractivity contribution in [2.75, 3.05) is 36.9 Å². The van der Waals surface area contributed by atoms with E-state index in [0.717, 1.165) is 0 Å². The Morgan fingerprint density at radius 1 is 0.833 bits per heavy atom. The minimum atomic E-state index is -2.55. The van der Waals surface area contributed by atoms with Gasteiger partial charge >= 0.3 is 14.5 Å². The van der Waals surface area contributed by atoms with Crippen LogP contribution in [0, 0.1) is 0 Å². The number of hydrogen-bond acceptors (Lipinski definition) is 17. The van der Waals surface area contributed by atoms with Crippen LogP contribution < -0.4 is 10.6 Å². The third-order valence-electron chi connectivity index (χ3n) is 7.52. The molecular formula is C24H27F2N10O8P2S2+. The number of anilines is 2. The van der Waals surface area contributed by atoms with Crippen molar-refractivity contribution in [3.63, 3.8) is 0 Å². The van der Waals surface area contributed by atoms with Gasteiger partial charge in [0.2, 0.25) is 0 Å². The van der Waals surface area contributed by atoms with E-state index in [9.17, 15) is 19.3 Å². The van der Waals surface area contributed by atoms with Crippen LogP contribution in [-0.2, 0) is 39.9 Å². The molecule has 2 aliphatic rings. The van der Waals surface area contributed by atoms with Gasteiger partial charge in [-0.05, 0) is 4.57 Å². The van der Waals surface area contributed by atoms with E-state index in [1.807, 2.05) is 0 Å². The molecule has 4 aromatic heterocycles. The Balaban J connectivity index is 1.07. The SMILES string of the molecule is O=[P+]([S-])OC1C(CO)OC(n2cnc3c(NC/C=C/CNc4ncnc5c4ncn5C4OC(CO)C(O[P+](=O)S)C4F)ncnc32)C1F. The Hall–Kier alpha value is -3.04. The zero-order valence-electron chi connectivity index (χ0n) is 24.3. The van der Waals surface area contributed by atoms with Gasteiger partial charge in [-0.1, -0.05) is 16.7 Å². The van der Waals surface area contributed by atoms with E-state index in [1.165, 1.54) is 34.4 Å². The van der Waals surface area contributed by atoms with E-state index >= 15 is 8.78 Å². The van der Waals surface area contributed by atoms with Gasteiger partial charge in [0.25, 0.3) is 0 Å². The number of nitrogens with zero attached hydrogens (tertiary/aromatic N) is 8. The monoisotopic (exact) mass is 747 g/mol. The number of nitrogens with one attached hydrogen (secondary N) is 2. The first-order valence-corrected chi connectivity index (χ1v) is 18.7. The van der Waals surface area contributed by atoms with Crippen LogP contribution in [0.15, 0.2) is 37.5 Å². The number of imidazole rings is 2. The number of halogens is 2. The van der Waals surface area contributed by atoms with Crippen LogP contribution in [0.25, 0.3) is 22.3 Å². The molecule has 2 aliphatic heterocycles. The number of aromatic nitrogens is 8. The van der Waals surface area contributed by atoms with Gasteiger partial charge < -0.3 is 42.6 Å². The highest BCUT2D eigenvalue weighted by Gasteiger charge is 2.51. The second kappa shape index (κ2) is 15.2. The van der Waals surface area contributed by atoms with Crippen molar-refractivity contribution >= 4 is 72.9 Å². The molecule has 24 heteroatoms. The maximum absolute atomic E-state index is 15.2. The van der Waals surface area contributed by atoms with Crippen molar-refractivity contribution in [1.29, 1.82) is 0 Å². The van der Waals surface area contributed by atoms with E-state index < -0.39 is 76.9 Å². The van der Waals surface area contributed by atoms with Crippen molar-refractivity contribution < 1.29 is 46.6 Å². The van der Waals surface area contributed by atoms with Crippen molar-refractivity contribution in [2.24, 2.45) is 0 Å². The van der Waals surface area contributed by atoms with Gasteiger partial charge in [0, 0.05) is 13.1 Å². The summed E-state index contributed by atoms with van der Waals surface area (Å²) in [6, 6.07) is 0. The van der Waals surface area contributed by atoms with Crippen LogP contribution in [0.1, 0.15) is 12.5 Å². The Morgan fingerprint density at radius 3 is 1.71 bits per heavy atom. The van der Waals surface area contributed by atoms with Gasteiger partial charge in [0.05, 0.1) is 25.9 Å². The largest absolute Gasteiger partial charge is 0.582 e. The summed E-state index contributed by atoms with van der Waals surface area (Å²) in [5.74, 6) is 0.735. The molecule has 0 amide bonds. The first-order valence-electron chi connectivity index (χ1n) is 14.1. The van der Waals surface area contributed by atoms with Crippen molar-refractivity contribution in [3.8, 4) is 0 Å². The first kappa shape index (κ1) is 34.8. The van der Waals surface area contributed by atoms with Crippen LogP contribution in [0.3, 0.4) is 0 Å². The van der Waals surface area contributed by atoms with E-state index in [2.05, 4.69) is 65.0 Å². The van der Waals surface area contributed by atoms with E-state index in [-0.39, 0.29) is 11.3 Å². The molecule has 0 bridgehead atoms. The number of alkyl halides is 2. The number of fused-ring (bicyclic) bond motifs is 2. The van der Waals surface area contributed by atoms with Crippen molar-refractivity contribution in [1.82, 2.24) is 39.0 Å². The molecule has 4 N–H and O–H groups in total. The number of thiol groups is 1. The summed E-state index contributed by atoms with van der Waals surface area (Å²) in [6.45, 7) is -0.490. The van der Waals surface area contributed by atoms with Gasteiger partial charge in [0.1, 0.15) is 37.1 Å². The highest BCUT2D eigenvalue weighted by Crippen LogP contribution is 2.42. The normalized spacial score (nSPS) is 28.1. The average molecular weight is 748 g/mol. The van der Waals surface area contributed by atoms with Crippen molar-refractivity contribution in [2.45, 2.75) is 49.2 Å². The smallest absolute Gasteiger partial charge is 0.408 e. The topological polar surface area (TPSA) is 223 Å². The lowest BCUT2D eigenvalue weighted by molar-refractivity contribution is -0.0427. The zero-order chi connectivity index (χ0) is 33.9. The lowest BCUT2D eigenvalue weighted by atomic mass is 10.1. The molecule has 10 unspecified atom stereocenters. The minimum Gasteiger partial charge on any atom is -0.408 e. The molecule has 2 fully saturated rings. The van der Waals surface area contributed by atoms with E-state index in [0.29, 0.717) is 35.8 Å². The molecule has 0 aliphatic carbocycles. The molecule has 0 spiro atoms. The zero-order valence-corrected chi connectivity index (χ0v) is 27.8. The third kappa shape index (κ3) is 7.00. The first-order chi connectivity index (χ1) is 23.2. The number of rotatable bonds is 14. The predicted molar refractivity (Wildman–Crippen MR) is 170 cm³/mol. The molecular weight excluding hydrogens is 720 g/mol. The second-order valence-corrected chi connectivity index (χ2v) is 13.5. The highest BCUT2D eigenvalue weighted by molar-refractivity contribution is 8.39. The maximum Gasteiger partial charge on any atom is 0.582 e. The average Bonchev–Trinajstić information content (AvgIpc) is 3.83. The predicted octanol–water partition coefficient (Wildman–Crippen LogP) is 2.06. The number of hydrogen-bond donors (Lipinski definition) is 5. The van der Waals surface area contributed by atoms with Gasteiger partial charge in [-0.15, -0.1) is 4.52 Å². The summed E-state index contributed by atoms with van der Waals surface area (Å²) in [4.78, 5) is 25.4. The molecule has 48 heavy (non-hydrogen) atoms. The molecule has 0 radical (unpaired) electrons. The standard InChI is InChI=1S/C24H26F2N10O8P2S2/c25-13-17(43-45(39)47)11(5-37)41-23(13)35-9-33-15-19(29-7-31-21(15)35)27-3-1-2-4-28-20-16-22(32-8-30-20)36(10-34-16)24-14(26)18(44-46(40)48)12(6-38)42-24/h1-2,7-14,17-18,23-24,37-38H,3-6H2,(H2-,27,28,29,30,31,32,39,47)/p+1/b2-1+. The Kier molecular flexibility index (Phi) is 11.1. The van der Waals surface area contributed by atoms with Crippen LogP contribution in [0.4, 0.5) is 20.4 Å². The lowest BCUT2D eigenvalue weighted by Gasteiger charge is -2.15. The maximum atomic E-state index is 15.2. The Bertz CT molecular complexity index is 1700. The highest BCUT2D eigenvalue weighted by atomic mass is 32.7. The van der Waals surface area contributed by atoms with Crippen LogP contribution in [-0.4, -0.2) is 112 Å². The molecule has 2 saturated heterocycles. The molecule has 18 nitrogen and oxygen atoms in total. The summed E-state index contributed by atoms with van der Waals surface area (Å²) in [5.41, 5.74) is 1.19. The molecule has 4 aromatic rings. The molecule has 256 valence electrons. The van der Waals surface area contributed by atoms with Crippen LogP contribution >= 0.6 is 26.7 Å². The molecule has 6 rings (SSSR count). The molecule has 6 heterocycles. The fraction of sp³-hybridized carbons (Fsp3) is 0.500. The number of aliphatic hydroxyl groups excluding tert-OH is 2. The van der Waals surface area contributed by atoms with E-state index in [1.54, 1.807) is 12.2 Å². The van der Waals surface area contributed by atoms with Crippen LogP contribution in [0.2, 0.25) is 0 Å². The van der Waals surface area contributed by atoms with E-state index in [4.69, 9.17) is 18.5 Å². The quantitative estimate of drug-likeness (QED) is 0.0539. The molecule has 0 aromatic carbocycles. The summed E-state index contributed by atoms with van der Waals surface area (Å²) in [5, 5.41) is 25.4. The van der Waals surface area contributed by atoms with Crippen LogP contribution in [0.5, 0.6) is 0 Å².